The number of nitrogens with zero attached hydrogens (tertiary/aromatic N) is 4. The van der Waals surface area contributed by atoms with Crippen molar-refractivity contribution in [1.29, 1.82) is 0 Å². The van der Waals surface area contributed by atoms with Gasteiger partial charge in [0.1, 0.15) is 11.0 Å². The van der Waals surface area contributed by atoms with Crippen molar-refractivity contribution in [3.63, 3.8) is 0 Å². The van der Waals surface area contributed by atoms with Gasteiger partial charge in [0, 0.05) is 19.2 Å². The lowest BCUT2D eigenvalue weighted by Crippen LogP contribution is -2.46. The molecule has 0 unspecified atom stereocenters. The van der Waals surface area contributed by atoms with Gasteiger partial charge in [0.15, 0.2) is 0 Å². The molecule has 3 heterocycles. The Bertz CT molecular complexity index is 462. The lowest BCUT2D eigenvalue weighted by atomic mass is 10.2. The van der Waals surface area contributed by atoms with E-state index in [2.05, 4.69) is 28.6 Å². The first kappa shape index (κ1) is 14.8. The first-order valence-corrected chi connectivity index (χ1v) is 7.76. The first-order chi connectivity index (χ1) is 10.1. The third-order valence-electron chi connectivity index (χ3n) is 3.96. The summed E-state index contributed by atoms with van der Waals surface area (Å²) >= 11 is 6.22. The molecule has 0 bridgehead atoms. The standard InChI is InChI=1S/C14H21ClN4O2/c1-10-8-20-5-3-18(10)13-7-12(15)16-14(17-13)19-4-6-21-9-11(19)2/h7,10-11H,3-6,8-9H2,1-2H3/t10-,11+/m0/s1. The monoisotopic (exact) mass is 312 g/mol. The van der Waals surface area contributed by atoms with E-state index in [-0.39, 0.29) is 6.04 Å². The molecule has 6 nitrogen and oxygen atoms in total. The number of hydrogen-bond acceptors (Lipinski definition) is 6. The van der Waals surface area contributed by atoms with Crippen molar-refractivity contribution in [3.8, 4) is 0 Å². The molecule has 2 saturated heterocycles. The minimum absolute atomic E-state index is 0.257. The molecule has 0 aromatic carbocycles. The van der Waals surface area contributed by atoms with Gasteiger partial charge in [0.05, 0.1) is 38.5 Å². The van der Waals surface area contributed by atoms with E-state index in [9.17, 15) is 0 Å². The van der Waals surface area contributed by atoms with E-state index in [1.165, 1.54) is 0 Å². The number of hydrogen-bond donors (Lipinski definition) is 0. The molecule has 2 fully saturated rings. The summed E-state index contributed by atoms with van der Waals surface area (Å²) in [4.78, 5) is 13.5. The van der Waals surface area contributed by atoms with Crippen LogP contribution in [0.4, 0.5) is 11.8 Å². The number of aromatic nitrogens is 2. The molecule has 0 aliphatic carbocycles. The molecule has 0 saturated carbocycles. The molecule has 0 spiro atoms. The minimum atomic E-state index is 0.257. The van der Waals surface area contributed by atoms with Crippen molar-refractivity contribution in [2.45, 2.75) is 25.9 Å². The maximum absolute atomic E-state index is 6.22. The molecule has 2 atom stereocenters. The second kappa shape index (κ2) is 6.34. The van der Waals surface area contributed by atoms with Crippen LogP contribution in [-0.4, -0.2) is 61.6 Å². The molecule has 21 heavy (non-hydrogen) atoms. The Labute approximate surface area is 130 Å². The van der Waals surface area contributed by atoms with Crippen molar-refractivity contribution in [2.24, 2.45) is 0 Å². The van der Waals surface area contributed by atoms with Crippen LogP contribution in [0.5, 0.6) is 0 Å². The lowest BCUT2D eigenvalue weighted by molar-refractivity contribution is 0.0972. The molecule has 0 amide bonds. The predicted molar refractivity (Wildman–Crippen MR) is 82.3 cm³/mol. The average Bonchev–Trinajstić information content (AvgIpc) is 2.47. The Morgan fingerprint density at radius 1 is 1.05 bits per heavy atom. The number of anilines is 2. The highest BCUT2D eigenvalue weighted by Gasteiger charge is 2.25. The van der Waals surface area contributed by atoms with E-state index >= 15 is 0 Å². The van der Waals surface area contributed by atoms with Gasteiger partial charge in [0.2, 0.25) is 5.95 Å². The van der Waals surface area contributed by atoms with E-state index < -0.39 is 0 Å². The molecule has 0 radical (unpaired) electrons. The SMILES string of the molecule is C[C@@H]1COCCN1c1nc(Cl)cc(N2CCOC[C@@H]2C)n1. The molecule has 0 N–H and O–H groups in total. The van der Waals surface area contributed by atoms with Gasteiger partial charge < -0.3 is 19.3 Å². The van der Waals surface area contributed by atoms with E-state index in [1.54, 1.807) is 0 Å². The Morgan fingerprint density at radius 2 is 1.67 bits per heavy atom. The van der Waals surface area contributed by atoms with Crippen LogP contribution in [0.1, 0.15) is 13.8 Å². The van der Waals surface area contributed by atoms with Gasteiger partial charge in [-0.15, -0.1) is 0 Å². The quantitative estimate of drug-likeness (QED) is 0.773. The van der Waals surface area contributed by atoms with Crippen molar-refractivity contribution in [3.05, 3.63) is 11.2 Å². The zero-order valence-corrected chi connectivity index (χ0v) is 13.2. The van der Waals surface area contributed by atoms with Crippen LogP contribution in [0.15, 0.2) is 6.07 Å². The fraction of sp³-hybridized carbons (Fsp3) is 0.714. The van der Waals surface area contributed by atoms with E-state index in [4.69, 9.17) is 26.1 Å². The summed E-state index contributed by atoms with van der Waals surface area (Å²) in [5, 5.41) is 0.479. The Kier molecular flexibility index (Phi) is 4.47. The van der Waals surface area contributed by atoms with E-state index in [0.717, 1.165) is 25.5 Å². The van der Waals surface area contributed by atoms with Gasteiger partial charge in [-0.1, -0.05) is 11.6 Å². The summed E-state index contributed by atoms with van der Waals surface area (Å²) in [7, 11) is 0. The molecule has 116 valence electrons. The van der Waals surface area contributed by atoms with Crippen LogP contribution in [0.2, 0.25) is 5.15 Å². The van der Waals surface area contributed by atoms with E-state index in [1.807, 2.05) is 6.07 Å². The van der Waals surface area contributed by atoms with Crippen molar-refractivity contribution < 1.29 is 9.47 Å². The Hall–Kier alpha value is -1.11. The number of rotatable bonds is 2. The zero-order valence-electron chi connectivity index (χ0n) is 12.5. The maximum atomic E-state index is 6.22. The van der Waals surface area contributed by atoms with Gasteiger partial charge in [-0.05, 0) is 13.8 Å². The third kappa shape index (κ3) is 3.22. The molecular formula is C14H21ClN4O2. The average molecular weight is 313 g/mol. The predicted octanol–water partition coefficient (Wildman–Crippen LogP) is 1.58. The maximum Gasteiger partial charge on any atom is 0.229 e. The van der Waals surface area contributed by atoms with Gasteiger partial charge >= 0.3 is 0 Å². The number of halogens is 1. The molecule has 1 aromatic heterocycles. The summed E-state index contributed by atoms with van der Waals surface area (Å²) < 4.78 is 11.0. The first-order valence-electron chi connectivity index (χ1n) is 7.38. The highest BCUT2D eigenvalue weighted by atomic mass is 35.5. The smallest absolute Gasteiger partial charge is 0.229 e. The highest BCUT2D eigenvalue weighted by Crippen LogP contribution is 2.25. The topological polar surface area (TPSA) is 50.7 Å². The van der Waals surface area contributed by atoms with Gasteiger partial charge in [0.25, 0.3) is 0 Å². The minimum Gasteiger partial charge on any atom is -0.377 e. The second-order valence-electron chi connectivity index (χ2n) is 5.58. The Morgan fingerprint density at radius 3 is 2.29 bits per heavy atom. The van der Waals surface area contributed by atoms with Crippen molar-refractivity contribution in [1.82, 2.24) is 9.97 Å². The van der Waals surface area contributed by atoms with Crippen molar-refractivity contribution in [2.75, 3.05) is 49.3 Å². The molecule has 1 aromatic rings. The van der Waals surface area contributed by atoms with Crippen LogP contribution < -0.4 is 9.80 Å². The van der Waals surface area contributed by atoms with Gasteiger partial charge in [-0.2, -0.15) is 4.98 Å². The summed E-state index contributed by atoms with van der Waals surface area (Å²) in [6, 6.07) is 2.38. The molecular weight excluding hydrogens is 292 g/mol. The fourth-order valence-corrected chi connectivity index (χ4v) is 2.93. The fourth-order valence-electron chi connectivity index (χ4n) is 2.76. The normalized spacial score (nSPS) is 27.0. The third-order valence-corrected chi connectivity index (χ3v) is 4.15. The summed E-state index contributed by atoms with van der Waals surface area (Å²) in [5.74, 6) is 1.56. The molecule has 7 heteroatoms. The van der Waals surface area contributed by atoms with Crippen LogP contribution >= 0.6 is 11.6 Å². The zero-order chi connectivity index (χ0) is 14.8. The second-order valence-corrected chi connectivity index (χ2v) is 5.97. The number of ether oxygens (including phenoxy) is 2. The molecule has 2 aliphatic rings. The van der Waals surface area contributed by atoms with Crippen LogP contribution in [0, 0.1) is 0 Å². The molecule has 3 rings (SSSR count). The summed E-state index contributed by atoms with van der Waals surface area (Å²) in [5.41, 5.74) is 0. The van der Waals surface area contributed by atoms with Gasteiger partial charge in [-0.3, -0.25) is 0 Å². The number of morpholine rings is 2. The van der Waals surface area contributed by atoms with Crippen LogP contribution in [0.3, 0.4) is 0 Å². The highest BCUT2D eigenvalue weighted by molar-refractivity contribution is 6.29. The van der Waals surface area contributed by atoms with Gasteiger partial charge in [-0.25, -0.2) is 4.98 Å². The largest absolute Gasteiger partial charge is 0.377 e. The lowest BCUT2D eigenvalue weighted by Gasteiger charge is -2.36. The summed E-state index contributed by atoms with van der Waals surface area (Å²) in [6.45, 7) is 8.68. The summed E-state index contributed by atoms with van der Waals surface area (Å²) in [6.07, 6.45) is 0. The van der Waals surface area contributed by atoms with Crippen molar-refractivity contribution >= 4 is 23.4 Å². The Balaban J connectivity index is 1.88. The van der Waals surface area contributed by atoms with E-state index in [0.29, 0.717) is 37.0 Å². The van der Waals surface area contributed by atoms with Crippen LogP contribution in [-0.2, 0) is 9.47 Å². The van der Waals surface area contributed by atoms with Crippen LogP contribution in [0.25, 0.3) is 0 Å². The molecule has 2 aliphatic heterocycles.